The van der Waals surface area contributed by atoms with Gasteiger partial charge < -0.3 is 5.73 Å². The van der Waals surface area contributed by atoms with Crippen LogP contribution in [0, 0.1) is 5.92 Å². The van der Waals surface area contributed by atoms with E-state index in [9.17, 15) is 8.42 Å². The standard InChI is InChI=1S/C13H22ClN3O2S/c1-3-11-13(14)12(17(2)16-11)7-10(15)6-9-4-5-20(18,19)8-9/h9-10H,3-8,15H2,1-2H3. The highest BCUT2D eigenvalue weighted by Gasteiger charge is 2.29. The molecule has 0 saturated carbocycles. The zero-order valence-corrected chi connectivity index (χ0v) is 13.5. The van der Waals surface area contributed by atoms with Gasteiger partial charge in [-0.15, -0.1) is 0 Å². The van der Waals surface area contributed by atoms with Gasteiger partial charge in [0.15, 0.2) is 9.84 Å². The van der Waals surface area contributed by atoms with Gasteiger partial charge >= 0.3 is 0 Å². The molecule has 1 aromatic rings. The molecule has 1 fully saturated rings. The minimum atomic E-state index is -2.83. The van der Waals surface area contributed by atoms with E-state index in [4.69, 9.17) is 17.3 Å². The lowest BCUT2D eigenvalue weighted by Gasteiger charge is -2.15. The monoisotopic (exact) mass is 319 g/mol. The van der Waals surface area contributed by atoms with Crippen molar-refractivity contribution in [2.45, 2.75) is 38.6 Å². The fourth-order valence-corrected chi connectivity index (χ4v) is 5.11. The number of rotatable bonds is 5. The van der Waals surface area contributed by atoms with Crippen LogP contribution in [0.2, 0.25) is 5.02 Å². The highest BCUT2D eigenvalue weighted by molar-refractivity contribution is 7.91. The number of aryl methyl sites for hydroxylation is 2. The van der Waals surface area contributed by atoms with Crippen LogP contribution in [0.4, 0.5) is 0 Å². The van der Waals surface area contributed by atoms with Crippen molar-refractivity contribution in [1.82, 2.24) is 9.78 Å². The van der Waals surface area contributed by atoms with Crippen LogP contribution in [0.25, 0.3) is 0 Å². The predicted octanol–water partition coefficient (Wildman–Crippen LogP) is 1.33. The third-order valence-electron chi connectivity index (χ3n) is 3.92. The van der Waals surface area contributed by atoms with Crippen molar-refractivity contribution in [2.75, 3.05) is 11.5 Å². The van der Waals surface area contributed by atoms with Gasteiger partial charge in [0.1, 0.15) is 0 Å². The van der Waals surface area contributed by atoms with Gasteiger partial charge in [-0.3, -0.25) is 4.68 Å². The van der Waals surface area contributed by atoms with Gasteiger partial charge in [-0.25, -0.2) is 8.42 Å². The van der Waals surface area contributed by atoms with Crippen LogP contribution >= 0.6 is 11.6 Å². The van der Waals surface area contributed by atoms with Crippen molar-refractivity contribution in [1.29, 1.82) is 0 Å². The number of hydrogen-bond donors (Lipinski definition) is 1. The zero-order valence-electron chi connectivity index (χ0n) is 12.0. The second kappa shape index (κ2) is 6.03. The molecule has 7 heteroatoms. The number of aromatic nitrogens is 2. The molecule has 2 heterocycles. The average molecular weight is 320 g/mol. The number of nitrogens with two attached hydrogens (primary N) is 1. The fourth-order valence-electron chi connectivity index (χ4n) is 2.86. The van der Waals surface area contributed by atoms with Crippen LogP contribution in [0.5, 0.6) is 0 Å². The summed E-state index contributed by atoms with van der Waals surface area (Å²) in [6, 6.07) is -0.0779. The molecule has 2 N–H and O–H groups in total. The Morgan fingerprint density at radius 2 is 2.25 bits per heavy atom. The quantitative estimate of drug-likeness (QED) is 0.888. The summed E-state index contributed by atoms with van der Waals surface area (Å²) in [5.74, 6) is 0.768. The lowest BCUT2D eigenvalue weighted by molar-refractivity contribution is 0.461. The molecule has 0 radical (unpaired) electrons. The highest BCUT2D eigenvalue weighted by atomic mass is 35.5. The molecular formula is C13H22ClN3O2S. The van der Waals surface area contributed by atoms with Crippen molar-refractivity contribution >= 4 is 21.4 Å². The predicted molar refractivity (Wildman–Crippen MR) is 80.7 cm³/mol. The molecule has 0 amide bonds. The van der Waals surface area contributed by atoms with Gasteiger partial charge in [0, 0.05) is 19.5 Å². The SMILES string of the molecule is CCc1nn(C)c(CC(N)CC2CCS(=O)(=O)C2)c1Cl. The molecule has 0 bridgehead atoms. The minimum absolute atomic E-state index is 0.0779. The van der Waals surface area contributed by atoms with Crippen LogP contribution in [-0.4, -0.2) is 35.7 Å². The van der Waals surface area contributed by atoms with Gasteiger partial charge in [-0.1, -0.05) is 18.5 Å². The number of nitrogens with zero attached hydrogens (tertiary/aromatic N) is 2. The van der Waals surface area contributed by atoms with Gasteiger partial charge in [0.25, 0.3) is 0 Å². The zero-order chi connectivity index (χ0) is 14.9. The minimum Gasteiger partial charge on any atom is -0.327 e. The van der Waals surface area contributed by atoms with Gasteiger partial charge in [-0.2, -0.15) is 5.10 Å². The molecule has 2 atom stereocenters. The molecule has 1 saturated heterocycles. The van der Waals surface area contributed by atoms with Crippen molar-refractivity contribution < 1.29 is 8.42 Å². The molecule has 2 unspecified atom stereocenters. The van der Waals surface area contributed by atoms with E-state index in [0.29, 0.717) is 17.2 Å². The van der Waals surface area contributed by atoms with Crippen molar-refractivity contribution in [3.05, 3.63) is 16.4 Å². The maximum atomic E-state index is 11.5. The maximum Gasteiger partial charge on any atom is 0.150 e. The molecule has 1 aliphatic heterocycles. The molecule has 5 nitrogen and oxygen atoms in total. The lowest BCUT2D eigenvalue weighted by atomic mass is 9.97. The van der Waals surface area contributed by atoms with E-state index in [0.717, 1.165) is 30.7 Å². The second-order valence-electron chi connectivity index (χ2n) is 5.65. The van der Waals surface area contributed by atoms with E-state index < -0.39 is 9.84 Å². The van der Waals surface area contributed by atoms with Gasteiger partial charge in [0.2, 0.25) is 0 Å². The van der Waals surface area contributed by atoms with Crippen LogP contribution in [0.1, 0.15) is 31.2 Å². The number of halogens is 1. The summed E-state index contributed by atoms with van der Waals surface area (Å²) in [5, 5.41) is 5.07. The van der Waals surface area contributed by atoms with Crippen molar-refractivity contribution in [3.8, 4) is 0 Å². The Morgan fingerprint density at radius 1 is 1.55 bits per heavy atom. The topological polar surface area (TPSA) is 78.0 Å². The first kappa shape index (κ1) is 15.8. The number of hydrogen-bond acceptors (Lipinski definition) is 4. The first-order chi connectivity index (χ1) is 9.32. The summed E-state index contributed by atoms with van der Waals surface area (Å²) >= 11 is 6.30. The first-order valence-corrected chi connectivity index (χ1v) is 9.18. The summed E-state index contributed by atoms with van der Waals surface area (Å²) in [4.78, 5) is 0. The van der Waals surface area contributed by atoms with Crippen molar-refractivity contribution in [2.24, 2.45) is 18.7 Å². The van der Waals surface area contributed by atoms with Gasteiger partial charge in [-0.05, 0) is 25.2 Å². The summed E-state index contributed by atoms with van der Waals surface area (Å²) in [7, 11) is -0.961. The van der Waals surface area contributed by atoms with E-state index in [2.05, 4.69) is 5.10 Å². The maximum absolute atomic E-state index is 11.5. The van der Waals surface area contributed by atoms with Crippen LogP contribution < -0.4 is 5.73 Å². The molecule has 1 aliphatic rings. The Balaban J connectivity index is 1.98. The Bertz CT molecular complexity index is 583. The summed E-state index contributed by atoms with van der Waals surface area (Å²) < 4.78 is 24.7. The third kappa shape index (κ3) is 3.54. The largest absolute Gasteiger partial charge is 0.327 e. The molecule has 114 valence electrons. The molecule has 0 spiro atoms. The molecule has 20 heavy (non-hydrogen) atoms. The Kier molecular flexibility index (Phi) is 4.76. The molecule has 0 aliphatic carbocycles. The van der Waals surface area contributed by atoms with E-state index in [1.54, 1.807) is 4.68 Å². The van der Waals surface area contributed by atoms with Crippen LogP contribution in [0.3, 0.4) is 0 Å². The number of sulfone groups is 1. The smallest absolute Gasteiger partial charge is 0.150 e. The Labute approximate surface area is 125 Å². The Morgan fingerprint density at radius 3 is 2.75 bits per heavy atom. The van der Waals surface area contributed by atoms with E-state index in [-0.39, 0.29) is 17.7 Å². The molecule has 0 aromatic carbocycles. The normalized spacial score (nSPS) is 23.1. The van der Waals surface area contributed by atoms with Crippen LogP contribution in [-0.2, 0) is 29.7 Å². The fraction of sp³-hybridized carbons (Fsp3) is 0.769. The molecular weight excluding hydrogens is 298 g/mol. The van der Waals surface area contributed by atoms with Crippen molar-refractivity contribution in [3.63, 3.8) is 0 Å². The van der Waals surface area contributed by atoms with E-state index >= 15 is 0 Å². The van der Waals surface area contributed by atoms with E-state index in [1.165, 1.54) is 0 Å². The lowest BCUT2D eigenvalue weighted by Crippen LogP contribution is -2.27. The van der Waals surface area contributed by atoms with Crippen LogP contribution in [0.15, 0.2) is 0 Å². The summed E-state index contributed by atoms with van der Waals surface area (Å²) in [5.41, 5.74) is 8.00. The second-order valence-corrected chi connectivity index (χ2v) is 8.26. The summed E-state index contributed by atoms with van der Waals surface area (Å²) in [6.07, 6.45) is 2.89. The van der Waals surface area contributed by atoms with E-state index in [1.807, 2.05) is 14.0 Å². The summed E-state index contributed by atoms with van der Waals surface area (Å²) in [6.45, 7) is 2.02. The first-order valence-electron chi connectivity index (χ1n) is 6.98. The average Bonchev–Trinajstić information content (AvgIpc) is 2.82. The molecule has 1 aromatic heterocycles. The Hall–Kier alpha value is -0.590. The highest BCUT2D eigenvalue weighted by Crippen LogP contribution is 2.26. The molecule has 2 rings (SSSR count). The third-order valence-corrected chi connectivity index (χ3v) is 6.19. The van der Waals surface area contributed by atoms with Gasteiger partial charge in [0.05, 0.1) is 27.9 Å².